The van der Waals surface area contributed by atoms with Gasteiger partial charge in [-0.2, -0.15) is 11.8 Å². The molecule has 1 amide bonds. The molecule has 2 unspecified atom stereocenters. The number of carbonyl (C=O) groups is 1. The molecule has 2 saturated heterocycles. The molecule has 1 N–H and O–H groups in total. The fourth-order valence-electron chi connectivity index (χ4n) is 2.33. The van der Waals surface area contributed by atoms with E-state index in [0.29, 0.717) is 11.8 Å². The molecular formula is C11H20N2OS. The molecule has 0 aromatic carbocycles. The van der Waals surface area contributed by atoms with Crippen molar-refractivity contribution in [3.63, 3.8) is 0 Å². The number of amides is 1. The van der Waals surface area contributed by atoms with Crippen LogP contribution in [0.5, 0.6) is 0 Å². The van der Waals surface area contributed by atoms with Crippen LogP contribution in [0.4, 0.5) is 0 Å². The molecule has 86 valence electrons. The predicted octanol–water partition coefficient (Wildman–Crippen LogP) is 0.950. The number of hydrogen-bond donors (Lipinski definition) is 1. The van der Waals surface area contributed by atoms with E-state index in [1.165, 1.54) is 5.75 Å². The van der Waals surface area contributed by atoms with Crippen LogP contribution in [0.1, 0.15) is 19.8 Å². The van der Waals surface area contributed by atoms with Gasteiger partial charge < -0.3 is 10.2 Å². The van der Waals surface area contributed by atoms with E-state index in [0.717, 1.165) is 38.2 Å². The predicted molar refractivity (Wildman–Crippen MR) is 64.1 cm³/mol. The van der Waals surface area contributed by atoms with Crippen LogP contribution in [-0.4, -0.2) is 48.0 Å². The molecule has 0 radical (unpaired) electrons. The van der Waals surface area contributed by atoms with Crippen molar-refractivity contribution in [2.45, 2.75) is 25.8 Å². The Morgan fingerprint density at radius 1 is 1.40 bits per heavy atom. The Kier molecular flexibility index (Phi) is 3.92. The van der Waals surface area contributed by atoms with Crippen molar-refractivity contribution in [1.29, 1.82) is 0 Å². The lowest BCUT2D eigenvalue weighted by Gasteiger charge is -2.25. The van der Waals surface area contributed by atoms with Gasteiger partial charge in [-0.25, -0.2) is 0 Å². The lowest BCUT2D eigenvalue weighted by Crippen LogP contribution is -2.46. The molecule has 0 aromatic rings. The lowest BCUT2D eigenvalue weighted by atomic mass is 10.0. The summed E-state index contributed by atoms with van der Waals surface area (Å²) in [5, 5.41) is 3.33. The van der Waals surface area contributed by atoms with E-state index >= 15 is 0 Å². The van der Waals surface area contributed by atoms with Crippen molar-refractivity contribution in [2.75, 3.05) is 31.1 Å². The summed E-state index contributed by atoms with van der Waals surface area (Å²) in [7, 11) is 0. The van der Waals surface area contributed by atoms with E-state index in [9.17, 15) is 4.79 Å². The zero-order valence-electron chi connectivity index (χ0n) is 9.37. The molecule has 3 nitrogen and oxygen atoms in total. The van der Waals surface area contributed by atoms with E-state index < -0.39 is 0 Å². The first kappa shape index (κ1) is 11.3. The quantitative estimate of drug-likeness (QED) is 0.725. The number of carbonyl (C=O) groups excluding carboxylic acids is 1. The monoisotopic (exact) mass is 228 g/mol. The van der Waals surface area contributed by atoms with E-state index in [-0.39, 0.29) is 6.04 Å². The standard InChI is InChI=1S/C11H20N2OS/c1-9-3-4-12-10(9)11(14)13-5-2-7-15-8-6-13/h9-10,12H,2-8H2,1H3. The maximum Gasteiger partial charge on any atom is 0.240 e. The van der Waals surface area contributed by atoms with Crippen molar-refractivity contribution in [2.24, 2.45) is 5.92 Å². The topological polar surface area (TPSA) is 32.3 Å². The summed E-state index contributed by atoms with van der Waals surface area (Å²) in [6, 6.07) is 0.0908. The van der Waals surface area contributed by atoms with Gasteiger partial charge >= 0.3 is 0 Å². The van der Waals surface area contributed by atoms with Gasteiger partial charge in [0.2, 0.25) is 5.91 Å². The van der Waals surface area contributed by atoms with Gasteiger partial charge in [0.05, 0.1) is 6.04 Å². The molecule has 4 heteroatoms. The van der Waals surface area contributed by atoms with Crippen molar-refractivity contribution in [3.8, 4) is 0 Å². The SMILES string of the molecule is CC1CCNC1C(=O)N1CCCSCC1. The third kappa shape index (κ3) is 2.67. The van der Waals surface area contributed by atoms with Crippen LogP contribution < -0.4 is 5.32 Å². The summed E-state index contributed by atoms with van der Waals surface area (Å²) < 4.78 is 0. The lowest BCUT2D eigenvalue weighted by molar-refractivity contribution is -0.133. The normalized spacial score (nSPS) is 32.7. The second-order valence-corrected chi connectivity index (χ2v) is 5.71. The van der Waals surface area contributed by atoms with Gasteiger partial charge in [-0.1, -0.05) is 6.92 Å². The maximum absolute atomic E-state index is 12.2. The number of rotatable bonds is 1. The maximum atomic E-state index is 12.2. The molecule has 0 aliphatic carbocycles. The van der Waals surface area contributed by atoms with Crippen LogP contribution in [0, 0.1) is 5.92 Å². The average molecular weight is 228 g/mol. The molecule has 2 aliphatic heterocycles. The van der Waals surface area contributed by atoms with E-state index in [1.54, 1.807) is 0 Å². The van der Waals surface area contributed by atoms with Gasteiger partial charge in [0.15, 0.2) is 0 Å². The molecule has 2 heterocycles. The molecule has 2 fully saturated rings. The molecule has 15 heavy (non-hydrogen) atoms. The number of thioether (sulfide) groups is 1. The summed E-state index contributed by atoms with van der Waals surface area (Å²) >= 11 is 1.97. The van der Waals surface area contributed by atoms with E-state index in [4.69, 9.17) is 0 Å². The Balaban J connectivity index is 1.93. The second-order valence-electron chi connectivity index (χ2n) is 4.49. The van der Waals surface area contributed by atoms with E-state index in [2.05, 4.69) is 17.1 Å². The Hall–Kier alpha value is -0.220. The van der Waals surface area contributed by atoms with Crippen molar-refractivity contribution < 1.29 is 4.79 Å². The summed E-state index contributed by atoms with van der Waals surface area (Å²) in [4.78, 5) is 14.3. The Morgan fingerprint density at radius 3 is 3.00 bits per heavy atom. The van der Waals surface area contributed by atoms with Crippen LogP contribution in [0.2, 0.25) is 0 Å². The van der Waals surface area contributed by atoms with Crippen molar-refractivity contribution >= 4 is 17.7 Å². The minimum Gasteiger partial charge on any atom is -0.340 e. The first-order valence-electron chi connectivity index (χ1n) is 5.89. The third-order valence-electron chi connectivity index (χ3n) is 3.33. The summed E-state index contributed by atoms with van der Waals surface area (Å²) in [5.74, 6) is 3.15. The van der Waals surface area contributed by atoms with Crippen molar-refractivity contribution in [1.82, 2.24) is 10.2 Å². The summed E-state index contributed by atoms with van der Waals surface area (Å²) in [6.07, 6.45) is 2.29. The van der Waals surface area contributed by atoms with Gasteiger partial charge in [-0.3, -0.25) is 4.79 Å². The Morgan fingerprint density at radius 2 is 2.27 bits per heavy atom. The highest BCUT2D eigenvalue weighted by molar-refractivity contribution is 7.99. The van der Waals surface area contributed by atoms with Gasteiger partial charge in [0.25, 0.3) is 0 Å². The largest absolute Gasteiger partial charge is 0.340 e. The van der Waals surface area contributed by atoms with Crippen molar-refractivity contribution in [3.05, 3.63) is 0 Å². The molecule has 0 spiro atoms. The number of nitrogens with zero attached hydrogens (tertiary/aromatic N) is 1. The zero-order chi connectivity index (χ0) is 10.7. The fourth-order valence-corrected chi connectivity index (χ4v) is 3.22. The van der Waals surface area contributed by atoms with E-state index in [1.807, 2.05) is 11.8 Å². The third-order valence-corrected chi connectivity index (χ3v) is 4.38. The van der Waals surface area contributed by atoms with Gasteiger partial charge in [-0.15, -0.1) is 0 Å². The van der Waals surface area contributed by atoms with Gasteiger partial charge in [0.1, 0.15) is 0 Å². The molecule has 2 aliphatic rings. The average Bonchev–Trinajstić information content (AvgIpc) is 2.53. The fraction of sp³-hybridized carbons (Fsp3) is 0.909. The number of hydrogen-bond acceptors (Lipinski definition) is 3. The van der Waals surface area contributed by atoms with Gasteiger partial charge in [0, 0.05) is 18.8 Å². The Labute approximate surface area is 96.0 Å². The number of nitrogens with one attached hydrogen (secondary N) is 1. The first-order valence-corrected chi connectivity index (χ1v) is 7.04. The van der Waals surface area contributed by atoms with Crippen LogP contribution in [-0.2, 0) is 4.79 Å². The Bertz CT molecular complexity index is 227. The summed E-state index contributed by atoms with van der Waals surface area (Å²) in [5.41, 5.74) is 0. The minimum absolute atomic E-state index is 0.0908. The molecule has 0 saturated carbocycles. The minimum atomic E-state index is 0.0908. The highest BCUT2D eigenvalue weighted by atomic mass is 32.2. The molecule has 2 rings (SSSR count). The highest BCUT2D eigenvalue weighted by Crippen LogP contribution is 2.18. The van der Waals surface area contributed by atoms with Crippen LogP contribution in [0.25, 0.3) is 0 Å². The van der Waals surface area contributed by atoms with Crippen LogP contribution in [0.3, 0.4) is 0 Å². The highest BCUT2D eigenvalue weighted by Gasteiger charge is 2.32. The molecule has 0 bridgehead atoms. The first-order chi connectivity index (χ1) is 7.29. The second kappa shape index (κ2) is 5.21. The van der Waals surface area contributed by atoms with Crippen LogP contribution in [0.15, 0.2) is 0 Å². The molecule has 0 aromatic heterocycles. The van der Waals surface area contributed by atoms with Gasteiger partial charge in [-0.05, 0) is 31.1 Å². The smallest absolute Gasteiger partial charge is 0.240 e. The molecular weight excluding hydrogens is 208 g/mol. The van der Waals surface area contributed by atoms with Crippen LogP contribution >= 0.6 is 11.8 Å². The zero-order valence-corrected chi connectivity index (χ0v) is 10.2. The summed E-state index contributed by atoms with van der Waals surface area (Å²) in [6.45, 7) is 5.07. The molecule has 2 atom stereocenters.